The number of hydrogen-bond donors (Lipinski definition) is 1. The Morgan fingerprint density at radius 1 is 0.651 bits per heavy atom. The van der Waals surface area contributed by atoms with E-state index in [4.69, 9.17) is 4.99 Å². The number of nitrogens with zero attached hydrogens (tertiary/aromatic N) is 2. The van der Waals surface area contributed by atoms with Gasteiger partial charge in [-0.25, -0.2) is 9.98 Å². The minimum atomic E-state index is -0.0561. The third-order valence-electron chi connectivity index (χ3n) is 9.08. The van der Waals surface area contributed by atoms with Crippen molar-refractivity contribution in [3.8, 4) is 22.3 Å². The fourth-order valence-electron chi connectivity index (χ4n) is 6.85. The molecule has 2 unspecified atom stereocenters. The second kappa shape index (κ2) is 10.2. The van der Waals surface area contributed by atoms with Gasteiger partial charge in [-0.1, -0.05) is 134 Å². The average molecular weight is 554 g/mol. The lowest BCUT2D eigenvalue weighted by Crippen LogP contribution is -2.44. The molecule has 0 spiro atoms. The monoisotopic (exact) mass is 553 g/mol. The van der Waals surface area contributed by atoms with Crippen LogP contribution in [0.5, 0.6) is 0 Å². The topological polar surface area (TPSA) is 36.8 Å². The Morgan fingerprint density at radius 3 is 2.16 bits per heavy atom. The first-order chi connectivity index (χ1) is 21.2. The van der Waals surface area contributed by atoms with E-state index in [1.165, 1.54) is 38.3 Å². The molecule has 3 aliphatic carbocycles. The Bertz CT molecular complexity index is 2090. The summed E-state index contributed by atoms with van der Waals surface area (Å²) < 4.78 is 0. The lowest BCUT2D eigenvalue weighted by atomic mass is 9.62. The highest BCUT2D eigenvalue weighted by molar-refractivity contribution is 6.13. The Balaban J connectivity index is 1.18. The fraction of sp³-hybridized carbons (Fsp3) is 0.100. The lowest BCUT2D eigenvalue weighted by Gasteiger charge is -2.41. The number of rotatable bonds is 4. The van der Waals surface area contributed by atoms with E-state index in [2.05, 4.69) is 145 Å². The van der Waals surface area contributed by atoms with E-state index in [-0.39, 0.29) is 5.41 Å². The van der Waals surface area contributed by atoms with E-state index in [9.17, 15) is 0 Å². The van der Waals surface area contributed by atoms with Crippen LogP contribution in [0.15, 0.2) is 156 Å². The van der Waals surface area contributed by atoms with Crippen LogP contribution in [-0.4, -0.2) is 18.3 Å². The molecule has 2 atom stereocenters. The second-order valence-corrected chi connectivity index (χ2v) is 11.7. The summed E-state index contributed by atoms with van der Waals surface area (Å²) in [5, 5.41) is 5.97. The van der Waals surface area contributed by atoms with Crippen molar-refractivity contribution < 1.29 is 0 Å². The van der Waals surface area contributed by atoms with Crippen LogP contribution in [0.4, 0.5) is 0 Å². The number of allylic oxidation sites excluding steroid dienone is 8. The summed E-state index contributed by atoms with van der Waals surface area (Å²) in [4.78, 5) is 9.54. The van der Waals surface area contributed by atoms with E-state index in [0.29, 0.717) is 12.6 Å². The number of nitrogens with one attached hydrogen (secondary N) is 1. The predicted molar refractivity (Wildman–Crippen MR) is 179 cm³/mol. The van der Waals surface area contributed by atoms with Crippen LogP contribution < -0.4 is 15.8 Å². The van der Waals surface area contributed by atoms with Gasteiger partial charge in [-0.2, -0.15) is 0 Å². The summed E-state index contributed by atoms with van der Waals surface area (Å²) >= 11 is 0. The normalized spacial score (nSPS) is 21.4. The molecule has 1 aliphatic heterocycles. The summed E-state index contributed by atoms with van der Waals surface area (Å²) in [5.74, 6) is 1.95. The molecule has 4 aromatic carbocycles. The summed E-state index contributed by atoms with van der Waals surface area (Å²) in [6.45, 7) is 2.88. The maximum atomic E-state index is 4.86. The van der Waals surface area contributed by atoms with Gasteiger partial charge in [0.2, 0.25) is 0 Å². The number of aliphatic imine (C=N–C) groups is 2. The molecular weight excluding hydrogens is 522 g/mol. The van der Waals surface area contributed by atoms with E-state index >= 15 is 0 Å². The van der Waals surface area contributed by atoms with E-state index in [0.717, 1.165) is 28.4 Å². The maximum Gasteiger partial charge on any atom is 0.158 e. The van der Waals surface area contributed by atoms with Gasteiger partial charge in [0, 0.05) is 22.5 Å². The summed E-state index contributed by atoms with van der Waals surface area (Å²) in [7, 11) is 0. The van der Waals surface area contributed by atoms with Crippen molar-refractivity contribution in [2.45, 2.75) is 6.92 Å². The number of hydrogen-bond acceptors (Lipinski definition) is 3. The Morgan fingerprint density at radius 2 is 1.35 bits per heavy atom. The van der Waals surface area contributed by atoms with Crippen LogP contribution in [0.25, 0.3) is 33.4 Å². The molecule has 0 fully saturated rings. The molecule has 0 saturated carbocycles. The highest BCUT2D eigenvalue weighted by Gasteiger charge is 2.39. The van der Waals surface area contributed by atoms with E-state index in [1.54, 1.807) is 0 Å². The number of fused-ring (bicyclic) bond motifs is 4. The Labute approximate surface area is 252 Å². The molecule has 1 N–H and O–H groups in total. The van der Waals surface area contributed by atoms with Crippen molar-refractivity contribution in [1.82, 2.24) is 5.32 Å². The van der Waals surface area contributed by atoms with E-state index in [1.807, 2.05) is 18.2 Å². The second-order valence-electron chi connectivity index (χ2n) is 11.7. The van der Waals surface area contributed by atoms with Gasteiger partial charge in [0.15, 0.2) is 5.84 Å². The smallest absolute Gasteiger partial charge is 0.158 e. The molecule has 8 rings (SSSR count). The predicted octanol–water partition coefficient (Wildman–Crippen LogP) is 6.96. The molecule has 3 nitrogen and oxygen atoms in total. The molecule has 43 heavy (non-hydrogen) atoms. The maximum absolute atomic E-state index is 4.86. The molecule has 0 bridgehead atoms. The molecule has 0 aromatic heterocycles. The lowest BCUT2D eigenvalue weighted by molar-refractivity contribution is 0.484. The largest absolute Gasteiger partial charge is 0.350 e. The van der Waals surface area contributed by atoms with Crippen molar-refractivity contribution in [2.75, 3.05) is 6.67 Å². The van der Waals surface area contributed by atoms with Crippen LogP contribution in [-0.2, 0) is 0 Å². The van der Waals surface area contributed by atoms with Crippen molar-refractivity contribution in [3.05, 3.63) is 167 Å². The zero-order valence-corrected chi connectivity index (χ0v) is 24.0. The van der Waals surface area contributed by atoms with Crippen LogP contribution >= 0.6 is 0 Å². The molecule has 1 heterocycles. The van der Waals surface area contributed by atoms with Gasteiger partial charge in [0.25, 0.3) is 0 Å². The zero-order chi connectivity index (χ0) is 28.8. The van der Waals surface area contributed by atoms with E-state index < -0.39 is 0 Å². The Kier molecular flexibility index (Phi) is 6.04. The first-order valence-corrected chi connectivity index (χ1v) is 14.9. The number of amidine groups is 2. The summed E-state index contributed by atoms with van der Waals surface area (Å²) in [6, 6.07) is 34.6. The molecule has 0 amide bonds. The van der Waals surface area contributed by atoms with Gasteiger partial charge in [0.1, 0.15) is 12.5 Å². The van der Waals surface area contributed by atoms with Gasteiger partial charge in [-0.3, -0.25) is 0 Å². The molecule has 4 aromatic rings. The summed E-state index contributed by atoms with van der Waals surface area (Å²) in [5.41, 5.74) is 9.57. The van der Waals surface area contributed by atoms with Crippen LogP contribution in [0.2, 0.25) is 0 Å². The summed E-state index contributed by atoms with van der Waals surface area (Å²) in [6.07, 6.45) is 18.1. The molecule has 4 aliphatic rings. The first-order valence-electron chi connectivity index (χ1n) is 14.9. The van der Waals surface area contributed by atoms with Gasteiger partial charge in [-0.05, 0) is 62.0 Å². The van der Waals surface area contributed by atoms with Crippen LogP contribution in [0, 0.1) is 11.3 Å². The third kappa shape index (κ3) is 4.36. The van der Waals surface area contributed by atoms with Crippen molar-refractivity contribution in [3.63, 3.8) is 0 Å². The molecule has 206 valence electrons. The van der Waals surface area contributed by atoms with Crippen LogP contribution in [0.3, 0.4) is 0 Å². The van der Waals surface area contributed by atoms with Crippen molar-refractivity contribution in [1.29, 1.82) is 0 Å². The molecule has 0 saturated heterocycles. The van der Waals surface area contributed by atoms with Crippen molar-refractivity contribution in [2.24, 2.45) is 21.3 Å². The van der Waals surface area contributed by atoms with Gasteiger partial charge < -0.3 is 5.32 Å². The third-order valence-corrected chi connectivity index (χ3v) is 9.08. The molecular formula is C40H31N3. The van der Waals surface area contributed by atoms with Crippen LogP contribution in [0.1, 0.15) is 18.1 Å². The molecule has 0 radical (unpaired) electrons. The van der Waals surface area contributed by atoms with Gasteiger partial charge in [-0.15, -0.1) is 0 Å². The van der Waals surface area contributed by atoms with Gasteiger partial charge in [0.05, 0.1) is 0 Å². The fourth-order valence-corrected chi connectivity index (χ4v) is 6.85. The zero-order valence-electron chi connectivity index (χ0n) is 24.0. The molecule has 3 heteroatoms. The SMILES string of the molecule is CC12C=CC=CC1=c1cc(-c3cccc(-c4cccc(C5=NCNC(c6ccccc6)=N5)c4)c3)ccc1=C1C=CC=CC12. The minimum Gasteiger partial charge on any atom is -0.350 e. The quantitative estimate of drug-likeness (QED) is 0.291. The average Bonchev–Trinajstić information content (AvgIpc) is 3.09. The first kappa shape index (κ1) is 25.4. The Hall–Kier alpha value is -5.28. The highest BCUT2D eigenvalue weighted by Crippen LogP contribution is 2.47. The van der Waals surface area contributed by atoms with Gasteiger partial charge >= 0.3 is 0 Å². The standard InChI is InChI=1S/C40H31N3/c1-40-22-8-7-19-37(40)35-25-31(20-21-33(35)34-17-5-6-18-36(34)40)29-14-9-13-28(23-29)30-15-10-16-32(24-30)39-42-26-41-38(43-39)27-11-3-2-4-12-27/h2-25,36H,26H2,1H3,(H,41,42,43). The van der Waals surface area contributed by atoms with Crippen molar-refractivity contribution >= 4 is 22.8 Å². The number of benzene rings is 4. The minimum absolute atomic E-state index is 0.0561. The highest BCUT2D eigenvalue weighted by atomic mass is 15.2.